The molecule has 0 aliphatic rings. The van der Waals surface area contributed by atoms with Crippen molar-refractivity contribution in [2.24, 2.45) is 5.10 Å². The van der Waals surface area contributed by atoms with Crippen molar-refractivity contribution in [3.63, 3.8) is 0 Å². The Balaban J connectivity index is 1.92. The van der Waals surface area contributed by atoms with Gasteiger partial charge in [0.15, 0.2) is 0 Å². The normalized spacial score (nSPS) is 11.2. The maximum absolute atomic E-state index is 12.2. The quantitative estimate of drug-likeness (QED) is 0.422. The van der Waals surface area contributed by atoms with Gasteiger partial charge in [0.2, 0.25) is 5.78 Å². The molecule has 2 aromatic heterocycles. The predicted octanol–water partition coefficient (Wildman–Crippen LogP) is 3.34. The van der Waals surface area contributed by atoms with Gasteiger partial charge in [-0.15, -0.1) is 0 Å². The van der Waals surface area contributed by atoms with Crippen LogP contribution in [0.3, 0.4) is 0 Å². The fourth-order valence-electron chi connectivity index (χ4n) is 3.01. The highest BCUT2D eigenvalue weighted by Gasteiger charge is 2.17. The van der Waals surface area contributed by atoms with E-state index in [0.717, 1.165) is 11.1 Å². The van der Waals surface area contributed by atoms with Crippen LogP contribution in [-0.4, -0.2) is 32.9 Å². The van der Waals surface area contributed by atoms with E-state index in [1.54, 1.807) is 28.4 Å². The van der Waals surface area contributed by atoms with Crippen molar-refractivity contribution in [2.45, 2.75) is 6.92 Å². The van der Waals surface area contributed by atoms with E-state index in [-0.39, 0.29) is 17.7 Å². The van der Waals surface area contributed by atoms with Crippen LogP contribution < -0.4 is 5.49 Å². The number of ether oxygens (including phenoxy) is 1. The third-order valence-corrected chi connectivity index (χ3v) is 4.37. The molecule has 0 saturated carbocycles. The van der Waals surface area contributed by atoms with Gasteiger partial charge in [-0.05, 0) is 12.5 Å². The van der Waals surface area contributed by atoms with Crippen molar-refractivity contribution in [1.29, 1.82) is 5.41 Å². The second kappa shape index (κ2) is 7.93. The first kappa shape index (κ1) is 18.4. The zero-order valence-corrected chi connectivity index (χ0v) is 15.8. The highest BCUT2D eigenvalue weighted by molar-refractivity contribution is 5.89. The van der Waals surface area contributed by atoms with E-state index >= 15 is 0 Å². The van der Waals surface area contributed by atoms with E-state index in [2.05, 4.69) is 10.1 Å². The Morgan fingerprint density at radius 1 is 1.14 bits per heavy atom. The second-order valence-corrected chi connectivity index (χ2v) is 6.26. The largest absolute Gasteiger partial charge is 0.462 e. The SMILES string of the molecule is CCOC(=O)c1cnc2n(N=Cc3ccccc3)cc(-c3ccccc3)n2c1=N. The average molecular weight is 385 g/mol. The Morgan fingerprint density at radius 2 is 1.83 bits per heavy atom. The third-order valence-electron chi connectivity index (χ3n) is 4.37. The van der Waals surface area contributed by atoms with Crippen molar-refractivity contribution >= 4 is 18.0 Å². The maximum Gasteiger partial charge on any atom is 0.343 e. The van der Waals surface area contributed by atoms with Gasteiger partial charge in [-0.25, -0.2) is 14.5 Å². The lowest BCUT2D eigenvalue weighted by atomic mass is 10.2. The molecule has 0 unspecified atom stereocenters. The molecule has 0 atom stereocenters. The number of hydrogen-bond donors (Lipinski definition) is 1. The predicted molar refractivity (Wildman–Crippen MR) is 110 cm³/mol. The highest BCUT2D eigenvalue weighted by atomic mass is 16.5. The smallest absolute Gasteiger partial charge is 0.343 e. The molecule has 4 rings (SSSR count). The van der Waals surface area contributed by atoms with Crippen molar-refractivity contribution in [3.05, 3.63) is 89.7 Å². The Kier molecular flexibility index (Phi) is 5.03. The van der Waals surface area contributed by atoms with Crippen LogP contribution in [0, 0.1) is 5.41 Å². The summed E-state index contributed by atoms with van der Waals surface area (Å²) in [6.45, 7) is 1.96. The van der Waals surface area contributed by atoms with Crippen LogP contribution in [0.5, 0.6) is 0 Å². The summed E-state index contributed by atoms with van der Waals surface area (Å²) in [7, 11) is 0. The monoisotopic (exact) mass is 385 g/mol. The molecule has 4 aromatic rings. The second-order valence-electron chi connectivity index (χ2n) is 6.26. The number of esters is 1. The number of carbonyl (C=O) groups is 1. The summed E-state index contributed by atoms with van der Waals surface area (Å²) in [5.74, 6) is -0.145. The third kappa shape index (κ3) is 3.58. The van der Waals surface area contributed by atoms with E-state index in [9.17, 15) is 4.79 Å². The highest BCUT2D eigenvalue weighted by Crippen LogP contribution is 2.20. The Bertz CT molecular complexity index is 1240. The fraction of sp³-hybridized carbons (Fsp3) is 0.0909. The molecule has 0 bridgehead atoms. The van der Waals surface area contributed by atoms with Crippen LogP contribution in [0.4, 0.5) is 0 Å². The van der Waals surface area contributed by atoms with E-state index in [1.807, 2.05) is 60.7 Å². The number of nitrogens with one attached hydrogen (secondary N) is 1. The number of benzene rings is 2. The van der Waals surface area contributed by atoms with Crippen LogP contribution in [0.25, 0.3) is 17.0 Å². The number of imidazole rings is 1. The van der Waals surface area contributed by atoms with Gasteiger partial charge in [0.1, 0.15) is 11.1 Å². The van der Waals surface area contributed by atoms with Crippen LogP contribution in [0.15, 0.2) is 78.2 Å². The summed E-state index contributed by atoms with van der Waals surface area (Å²) in [6, 6.07) is 19.3. The minimum atomic E-state index is -0.570. The Morgan fingerprint density at radius 3 is 2.52 bits per heavy atom. The minimum absolute atomic E-state index is 0.000893. The molecule has 29 heavy (non-hydrogen) atoms. The van der Waals surface area contributed by atoms with Crippen molar-refractivity contribution in [3.8, 4) is 11.3 Å². The van der Waals surface area contributed by atoms with Gasteiger partial charge in [0.05, 0.1) is 24.7 Å². The number of hydrogen-bond acceptors (Lipinski definition) is 5. The molecule has 7 heteroatoms. The molecule has 2 heterocycles. The lowest BCUT2D eigenvalue weighted by Gasteiger charge is -2.05. The summed E-state index contributed by atoms with van der Waals surface area (Å²) in [4.78, 5) is 16.6. The molecule has 2 aromatic carbocycles. The zero-order chi connectivity index (χ0) is 20.2. The van der Waals surface area contributed by atoms with Gasteiger partial charge in [-0.2, -0.15) is 5.10 Å². The topological polar surface area (TPSA) is 84.7 Å². The molecule has 0 aliphatic carbocycles. The summed E-state index contributed by atoms with van der Waals surface area (Å²) < 4.78 is 8.27. The zero-order valence-electron chi connectivity index (χ0n) is 15.8. The summed E-state index contributed by atoms with van der Waals surface area (Å²) in [6.07, 6.45) is 4.88. The molecule has 0 aliphatic heterocycles. The van der Waals surface area contributed by atoms with Crippen LogP contribution >= 0.6 is 0 Å². The van der Waals surface area contributed by atoms with Crippen molar-refractivity contribution in [2.75, 3.05) is 6.61 Å². The Labute approximate surface area is 167 Å². The minimum Gasteiger partial charge on any atom is -0.462 e. The number of rotatable bonds is 5. The van der Waals surface area contributed by atoms with E-state index in [4.69, 9.17) is 10.1 Å². The molecular weight excluding hydrogens is 366 g/mol. The first-order valence-corrected chi connectivity index (χ1v) is 9.18. The molecular formula is C22H19N5O2. The molecule has 1 N–H and O–H groups in total. The summed E-state index contributed by atoms with van der Waals surface area (Å²) in [5.41, 5.74) is 2.63. The molecule has 0 radical (unpaired) electrons. The van der Waals surface area contributed by atoms with Crippen LogP contribution in [0.1, 0.15) is 22.8 Å². The summed E-state index contributed by atoms with van der Waals surface area (Å²) in [5, 5.41) is 13.1. The molecule has 7 nitrogen and oxygen atoms in total. The van der Waals surface area contributed by atoms with Crippen molar-refractivity contribution in [1.82, 2.24) is 14.1 Å². The van der Waals surface area contributed by atoms with Crippen molar-refractivity contribution < 1.29 is 9.53 Å². The lowest BCUT2D eigenvalue weighted by molar-refractivity contribution is 0.0523. The number of nitrogens with zero attached hydrogens (tertiary/aromatic N) is 4. The fourth-order valence-corrected chi connectivity index (χ4v) is 3.01. The molecule has 0 amide bonds. The van der Waals surface area contributed by atoms with Gasteiger partial charge in [-0.3, -0.25) is 9.81 Å². The molecule has 144 valence electrons. The van der Waals surface area contributed by atoms with Crippen LogP contribution in [-0.2, 0) is 4.74 Å². The first-order chi connectivity index (χ1) is 14.2. The average Bonchev–Trinajstić information content (AvgIpc) is 3.13. The maximum atomic E-state index is 12.2. The Hall–Kier alpha value is -4.00. The molecule has 0 saturated heterocycles. The standard InChI is InChI=1S/C22H19N5O2/c1-2-29-21(28)18-14-24-22-26(25-13-16-9-5-3-6-10-16)15-19(27(22)20(18)23)17-11-7-4-8-12-17/h3-15,23H,2H2,1H3. The van der Waals surface area contributed by atoms with Gasteiger partial charge in [0.25, 0.3) is 0 Å². The van der Waals surface area contributed by atoms with Crippen LogP contribution in [0.2, 0.25) is 0 Å². The van der Waals surface area contributed by atoms with Gasteiger partial charge >= 0.3 is 5.97 Å². The molecule has 0 fully saturated rings. The first-order valence-electron chi connectivity index (χ1n) is 9.18. The van der Waals surface area contributed by atoms with Gasteiger partial charge < -0.3 is 4.74 Å². The molecule has 0 spiro atoms. The van der Waals surface area contributed by atoms with E-state index in [0.29, 0.717) is 11.5 Å². The van der Waals surface area contributed by atoms with E-state index in [1.165, 1.54) is 6.20 Å². The number of fused-ring (bicyclic) bond motifs is 1. The van der Waals surface area contributed by atoms with Gasteiger partial charge in [-0.1, -0.05) is 60.7 Å². The number of carbonyl (C=O) groups excluding carboxylic acids is 1. The summed E-state index contributed by atoms with van der Waals surface area (Å²) >= 11 is 0. The van der Waals surface area contributed by atoms with E-state index < -0.39 is 5.97 Å². The van der Waals surface area contributed by atoms with Gasteiger partial charge in [0, 0.05) is 11.8 Å². The number of aromatic nitrogens is 3. The lowest BCUT2D eigenvalue weighted by Crippen LogP contribution is -2.24.